The van der Waals surface area contributed by atoms with Gasteiger partial charge < -0.3 is 15.1 Å². The molecule has 0 radical (unpaired) electrons. The van der Waals surface area contributed by atoms with E-state index >= 15 is 0 Å². The number of nitrogens with zero attached hydrogens (tertiary/aromatic N) is 2. The molecular formula is C15H31Cl2N3OS. The van der Waals surface area contributed by atoms with Crippen molar-refractivity contribution in [2.24, 2.45) is 5.92 Å². The predicted molar refractivity (Wildman–Crippen MR) is 101 cm³/mol. The van der Waals surface area contributed by atoms with Gasteiger partial charge in [0.25, 0.3) is 0 Å². The van der Waals surface area contributed by atoms with E-state index in [0.29, 0.717) is 30.3 Å². The zero-order valence-corrected chi connectivity index (χ0v) is 16.4. The maximum atomic E-state index is 12.5. The van der Waals surface area contributed by atoms with Crippen molar-refractivity contribution >= 4 is 42.5 Å². The van der Waals surface area contributed by atoms with Gasteiger partial charge in [-0.25, -0.2) is 0 Å². The predicted octanol–water partition coefficient (Wildman–Crippen LogP) is 2.11. The van der Waals surface area contributed by atoms with E-state index in [-0.39, 0.29) is 24.8 Å². The molecule has 0 aliphatic carbocycles. The number of hydrogen-bond acceptors (Lipinski definition) is 4. The smallest absolute Gasteiger partial charge is 0.224 e. The van der Waals surface area contributed by atoms with Crippen LogP contribution in [-0.2, 0) is 4.79 Å². The molecule has 0 spiro atoms. The van der Waals surface area contributed by atoms with Gasteiger partial charge in [0.15, 0.2) is 0 Å². The zero-order valence-electron chi connectivity index (χ0n) is 13.9. The number of nitrogens with one attached hydrogen (secondary N) is 1. The maximum absolute atomic E-state index is 12.5. The van der Waals surface area contributed by atoms with E-state index in [1.165, 1.54) is 5.75 Å². The van der Waals surface area contributed by atoms with E-state index in [1.807, 2.05) is 23.7 Å². The first-order chi connectivity index (χ1) is 9.61. The molecule has 2 rings (SSSR count). The molecule has 2 aliphatic rings. The minimum atomic E-state index is 0. The van der Waals surface area contributed by atoms with Crippen LogP contribution in [0.1, 0.15) is 26.7 Å². The summed E-state index contributed by atoms with van der Waals surface area (Å²) in [4.78, 5) is 17.0. The molecule has 22 heavy (non-hydrogen) atoms. The Morgan fingerprint density at radius 2 is 2.14 bits per heavy atom. The van der Waals surface area contributed by atoms with Gasteiger partial charge in [0.1, 0.15) is 0 Å². The van der Waals surface area contributed by atoms with Crippen LogP contribution in [0.15, 0.2) is 0 Å². The Hall–Kier alpha value is 0.320. The monoisotopic (exact) mass is 371 g/mol. The number of halogens is 2. The van der Waals surface area contributed by atoms with E-state index in [4.69, 9.17) is 0 Å². The van der Waals surface area contributed by atoms with Crippen LogP contribution in [0.25, 0.3) is 0 Å². The Morgan fingerprint density at radius 3 is 2.68 bits per heavy atom. The first-order valence-electron chi connectivity index (χ1n) is 7.91. The molecule has 0 bridgehead atoms. The van der Waals surface area contributed by atoms with Crippen LogP contribution in [0.4, 0.5) is 0 Å². The number of thioether (sulfide) groups is 1. The fraction of sp³-hybridized carbons (Fsp3) is 0.933. The Bertz CT molecular complexity index is 330. The van der Waals surface area contributed by atoms with Crippen molar-refractivity contribution < 1.29 is 4.79 Å². The molecule has 3 unspecified atom stereocenters. The highest BCUT2D eigenvalue weighted by molar-refractivity contribution is 7.99. The molecule has 4 nitrogen and oxygen atoms in total. The van der Waals surface area contributed by atoms with Gasteiger partial charge in [-0.1, -0.05) is 13.8 Å². The number of likely N-dealkylation sites (tertiary alicyclic amines) is 1. The molecule has 132 valence electrons. The lowest BCUT2D eigenvalue weighted by Gasteiger charge is -2.41. The average molecular weight is 372 g/mol. The highest BCUT2D eigenvalue weighted by Crippen LogP contribution is 2.22. The van der Waals surface area contributed by atoms with Gasteiger partial charge in [0, 0.05) is 56.7 Å². The summed E-state index contributed by atoms with van der Waals surface area (Å²) >= 11 is 1.96. The van der Waals surface area contributed by atoms with Crippen molar-refractivity contribution in [2.45, 2.75) is 38.8 Å². The molecule has 2 heterocycles. The molecule has 0 aromatic rings. The van der Waals surface area contributed by atoms with E-state index in [2.05, 4.69) is 24.1 Å². The molecule has 2 fully saturated rings. The fourth-order valence-electron chi connectivity index (χ4n) is 3.37. The second kappa shape index (κ2) is 11.0. The third-order valence-corrected chi connectivity index (χ3v) is 5.83. The highest BCUT2D eigenvalue weighted by atomic mass is 35.5. The number of carbonyl (C=O) groups excluding carboxylic acids is 1. The maximum Gasteiger partial charge on any atom is 0.224 e. The number of carbonyl (C=O) groups is 1. The second-order valence-corrected chi connectivity index (χ2v) is 7.31. The normalized spacial score (nSPS) is 29.1. The summed E-state index contributed by atoms with van der Waals surface area (Å²) in [5, 5.41) is 3.46. The van der Waals surface area contributed by atoms with Crippen LogP contribution in [0.3, 0.4) is 0 Å². The van der Waals surface area contributed by atoms with E-state index < -0.39 is 0 Å². The van der Waals surface area contributed by atoms with Gasteiger partial charge >= 0.3 is 0 Å². The fourth-order valence-corrected chi connectivity index (χ4v) is 4.32. The minimum Gasteiger partial charge on any atom is -0.342 e. The molecule has 3 atom stereocenters. The van der Waals surface area contributed by atoms with Crippen LogP contribution < -0.4 is 5.32 Å². The van der Waals surface area contributed by atoms with Gasteiger partial charge in [-0.15, -0.1) is 24.8 Å². The number of piperidine rings is 1. The van der Waals surface area contributed by atoms with Crippen molar-refractivity contribution in [1.29, 1.82) is 0 Å². The van der Waals surface area contributed by atoms with Crippen molar-refractivity contribution in [3.8, 4) is 0 Å². The van der Waals surface area contributed by atoms with Crippen molar-refractivity contribution in [3.63, 3.8) is 0 Å². The highest BCUT2D eigenvalue weighted by Gasteiger charge is 2.31. The zero-order chi connectivity index (χ0) is 14.5. The van der Waals surface area contributed by atoms with Crippen LogP contribution in [-0.4, -0.2) is 72.5 Å². The Morgan fingerprint density at radius 1 is 1.41 bits per heavy atom. The summed E-state index contributed by atoms with van der Waals surface area (Å²) in [6.07, 6.45) is 1.77. The SMILES string of the molecule is CCN1CCC(N(C)C(=O)CC2CSCCN2)C(C)C1.Cl.Cl. The number of hydrogen-bond donors (Lipinski definition) is 1. The summed E-state index contributed by atoms with van der Waals surface area (Å²) in [5.74, 6) is 3.13. The molecule has 1 N–H and O–H groups in total. The van der Waals surface area contributed by atoms with Crippen LogP contribution >= 0.6 is 36.6 Å². The van der Waals surface area contributed by atoms with Gasteiger partial charge in [-0.2, -0.15) is 11.8 Å². The van der Waals surface area contributed by atoms with Gasteiger partial charge in [-0.05, 0) is 18.9 Å². The Kier molecular flexibility index (Phi) is 11.1. The summed E-state index contributed by atoms with van der Waals surface area (Å²) < 4.78 is 0. The van der Waals surface area contributed by atoms with Gasteiger partial charge in [0.05, 0.1) is 0 Å². The Labute approximate surface area is 151 Å². The van der Waals surface area contributed by atoms with E-state index in [0.717, 1.165) is 38.4 Å². The van der Waals surface area contributed by atoms with Gasteiger partial charge in [-0.3, -0.25) is 4.79 Å². The van der Waals surface area contributed by atoms with Crippen LogP contribution in [0.5, 0.6) is 0 Å². The quantitative estimate of drug-likeness (QED) is 0.820. The molecule has 0 aromatic heterocycles. The molecule has 0 saturated carbocycles. The molecular weight excluding hydrogens is 341 g/mol. The number of amides is 1. The standard InChI is InChI=1S/C15H29N3OS.2ClH/c1-4-18-7-5-14(12(2)10-18)17(3)15(19)9-13-11-20-8-6-16-13;;/h12-14,16H,4-11H2,1-3H3;2*1H. The Balaban J connectivity index is 0.00000220. The lowest BCUT2D eigenvalue weighted by molar-refractivity contribution is -0.134. The third kappa shape index (κ3) is 6.08. The summed E-state index contributed by atoms with van der Waals surface area (Å²) in [6.45, 7) is 8.91. The van der Waals surface area contributed by atoms with E-state index in [1.54, 1.807) is 0 Å². The largest absolute Gasteiger partial charge is 0.342 e. The second-order valence-electron chi connectivity index (χ2n) is 6.16. The third-order valence-electron chi connectivity index (χ3n) is 4.70. The van der Waals surface area contributed by atoms with E-state index in [9.17, 15) is 4.79 Å². The lowest BCUT2D eigenvalue weighted by atomic mass is 9.92. The van der Waals surface area contributed by atoms with Crippen molar-refractivity contribution in [2.75, 3.05) is 44.7 Å². The van der Waals surface area contributed by atoms with Crippen LogP contribution in [0.2, 0.25) is 0 Å². The van der Waals surface area contributed by atoms with Crippen LogP contribution in [0, 0.1) is 5.92 Å². The topological polar surface area (TPSA) is 35.6 Å². The molecule has 1 amide bonds. The summed E-state index contributed by atoms with van der Waals surface area (Å²) in [7, 11) is 2.00. The first kappa shape index (κ1) is 22.3. The minimum absolute atomic E-state index is 0. The summed E-state index contributed by atoms with van der Waals surface area (Å²) in [5.41, 5.74) is 0. The number of rotatable bonds is 4. The molecule has 0 aromatic carbocycles. The first-order valence-corrected chi connectivity index (χ1v) is 9.06. The van der Waals surface area contributed by atoms with Gasteiger partial charge in [0.2, 0.25) is 5.91 Å². The molecule has 2 aliphatic heterocycles. The molecule has 2 saturated heterocycles. The molecule has 7 heteroatoms. The lowest BCUT2D eigenvalue weighted by Crippen LogP contribution is -2.51. The van der Waals surface area contributed by atoms with Crippen molar-refractivity contribution in [3.05, 3.63) is 0 Å². The summed E-state index contributed by atoms with van der Waals surface area (Å²) in [6, 6.07) is 0.788. The van der Waals surface area contributed by atoms with Crippen molar-refractivity contribution in [1.82, 2.24) is 15.1 Å². The average Bonchev–Trinajstić information content (AvgIpc) is 2.47.